The molecule has 1 N–H and O–H groups in total. The zero-order valence-corrected chi connectivity index (χ0v) is 12.4. The molecule has 1 aromatic carbocycles. The van der Waals surface area contributed by atoms with E-state index in [2.05, 4.69) is 15.9 Å². The first kappa shape index (κ1) is 15.1. The van der Waals surface area contributed by atoms with Crippen LogP contribution in [0.15, 0.2) is 22.7 Å². The third-order valence-corrected chi connectivity index (χ3v) is 3.50. The first-order valence-corrected chi connectivity index (χ1v) is 6.46. The Labute approximate surface area is 116 Å². The minimum absolute atomic E-state index is 0.0150. The molecule has 1 atom stereocenters. The maximum atomic E-state index is 12.0. The summed E-state index contributed by atoms with van der Waals surface area (Å²) in [7, 11) is 3.40. The van der Waals surface area contributed by atoms with Gasteiger partial charge in [-0.3, -0.25) is 9.69 Å². The maximum Gasteiger partial charge on any atom is 0.176 e. The van der Waals surface area contributed by atoms with E-state index in [9.17, 15) is 4.79 Å². The van der Waals surface area contributed by atoms with Gasteiger partial charge >= 0.3 is 0 Å². The van der Waals surface area contributed by atoms with E-state index < -0.39 is 0 Å². The fourth-order valence-corrected chi connectivity index (χ4v) is 1.99. The highest BCUT2D eigenvalue weighted by atomic mass is 79.9. The second-order valence-electron chi connectivity index (χ2n) is 4.22. The molecule has 0 spiro atoms. The summed E-state index contributed by atoms with van der Waals surface area (Å²) < 4.78 is 5.87. The predicted octanol–water partition coefficient (Wildman–Crippen LogP) is 1.95. The molecule has 0 heterocycles. The number of Topliss-reactive ketones (excluding diaryl/α,β-unsaturated/α-hetero) is 1. The number of aliphatic hydroxyl groups excluding tert-OH is 1. The molecule has 1 rings (SSSR count). The maximum absolute atomic E-state index is 12.0. The van der Waals surface area contributed by atoms with Gasteiger partial charge in [0.05, 0.1) is 24.7 Å². The highest BCUT2D eigenvalue weighted by molar-refractivity contribution is 9.10. The highest BCUT2D eigenvalue weighted by Crippen LogP contribution is 2.25. The molecule has 0 saturated heterocycles. The van der Waals surface area contributed by atoms with Crippen LogP contribution in [0, 0.1) is 0 Å². The minimum atomic E-state index is -0.0318. The average Bonchev–Trinajstić information content (AvgIpc) is 2.37. The Morgan fingerprint density at radius 3 is 2.72 bits per heavy atom. The summed E-state index contributed by atoms with van der Waals surface area (Å²) in [6, 6.07) is 5.21. The van der Waals surface area contributed by atoms with Crippen molar-refractivity contribution in [3.8, 4) is 5.75 Å². The normalized spacial score (nSPS) is 12.6. The smallest absolute Gasteiger partial charge is 0.176 e. The average molecular weight is 316 g/mol. The summed E-state index contributed by atoms with van der Waals surface area (Å²) in [5.41, 5.74) is 0.625. The first-order chi connectivity index (χ1) is 8.49. The van der Waals surface area contributed by atoms with Crippen LogP contribution in [0.1, 0.15) is 17.3 Å². The van der Waals surface area contributed by atoms with E-state index in [4.69, 9.17) is 9.84 Å². The molecule has 4 nitrogen and oxygen atoms in total. The van der Waals surface area contributed by atoms with E-state index in [-0.39, 0.29) is 25.0 Å². The molecule has 5 heteroatoms. The Kier molecular flexibility index (Phi) is 5.78. The van der Waals surface area contributed by atoms with E-state index in [0.29, 0.717) is 11.3 Å². The zero-order chi connectivity index (χ0) is 13.7. The van der Waals surface area contributed by atoms with Gasteiger partial charge in [0.15, 0.2) is 5.78 Å². The Hall–Kier alpha value is -0.910. The largest absolute Gasteiger partial charge is 0.496 e. The van der Waals surface area contributed by atoms with Crippen LogP contribution in [0.5, 0.6) is 5.75 Å². The molecule has 0 fully saturated rings. The van der Waals surface area contributed by atoms with Crippen LogP contribution in [0.3, 0.4) is 0 Å². The molecule has 1 aromatic rings. The van der Waals surface area contributed by atoms with E-state index in [1.807, 2.05) is 18.9 Å². The fraction of sp³-hybridized carbons (Fsp3) is 0.462. The van der Waals surface area contributed by atoms with Crippen LogP contribution in [0.25, 0.3) is 0 Å². The summed E-state index contributed by atoms with van der Waals surface area (Å²) in [6.07, 6.45) is 0. The first-order valence-electron chi connectivity index (χ1n) is 5.67. The summed E-state index contributed by atoms with van der Waals surface area (Å²) in [6.45, 7) is 2.19. The zero-order valence-electron chi connectivity index (χ0n) is 10.8. The standard InChI is InChI=1S/C13H18BrNO3/c1-9(8-16)15(2)7-12(17)10-4-5-13(18-3)11(14)6-10/h4-6,9,16H,7-8H2,1-3H3. The summed E-state index contributed by atoms with van der Waals surface area (Å²) in [5, 5.41) is 9.02. The second kappa shape index (κ2) is 6.87. The Morgan fingerprint density at radius 1 is 1.56 bits per heavy atom. The molecule has 1 unspecified atom stereocenters. The van der Waals surface area contributed by atoms with Gasteiger partial charge in [-0.1, -0.05) is 0 Å². The summed E-state index contributed by atoms with van der Waals surface area (Å²) in [5.74, 6) is 0.713. The SMILES string of the molecule is COc1ccc(C(=O)CN(C)C(C)CO)cc1Br. The lowest BCUT2D eigenvalue weighted by atomic mass is 10.1. The Morgan fingerprint density at radius 2 is 2.22 bits per heavy atom. The van der Waals surface area contributed by atoms with Crippen molar-refractivity contribution in [3.63, 3.8) is 0 Å². The molecule has 0 saturated carbocycles. The number of rotatable bonds is 6. The predicted molar refractivity (Wildman–Crippen MR) is 74.2 cm³/mol. The number of hydrogen-bond donors (Lipinski definition) is 1. The monoisotopic (exact) mass is 315 g/mol. The van der Waals surface area contributed by atoms with Crippen molar-refractivity contribution in [2.45, 2.75) is 13.0 Å². The lowest BCUT2D eigenvalue weighted by Gasteiger charge is -2.21. The van der Waals surface area contributed by atoms with Crippen LogP contribution in [0.4, 0.5) is 0 Å². The van der Waals surface area contributed by atoms with Gasteiger partial charge in [-0.15, -0.1) is 0 Å². The molecule has 0 aliphatic rings. The van der Waals surface area contributed by atoms with Crippen molar-refractivity contribution in [3.05, 3.63) is 28.2 Å². The number of halogens is 1. The number of carbonyl (C=O) groups excluding carboxylic acids is 1. The molecule has 100 valence electrons. The number of aliphatic hydroxyl groups is 1. The second-order valence-corrected chi connectivity index (χ2v) is 5.07. The number of hydrogen-bond acceptors (Lipinski definition) is 4. The fourth-order valence-electron chi connectivity index (χ4n) is 1.45. The number of nitrogens with zero attached hydrogens (tertiary/aromatic N) is 1. The number of ketones is 1. The van der Waals surface area contributed by atoms with E-state index in [1.165, 1.54) is 0 Å². The third-order valence-electron chi connectivity index (χ3n) is 2.88. The molecule has 0 bridgehead atoms. The molecule has 0 aliphatic heterocycles. The lowest BCUT2D eigenvalue weighted by Crippen LogP contribution is -2.36. The molecule has 18 heavy (non-hydrogen) atoms. The number of benzene rings is 1. The number of carbonyl (C=O) groups is 1. The number of ether oxygens (including phenoxy) is 1. The van der Waals surface area contributed by atoms with Gasteiger partial charge in [-0.2, -0.15) is 0 Å². The van der Waals surface area contributed by atoms with Gasteiger partial charge in [-0.05, 0) is 48.1 Å². The van der Waals surface area contributed by atoms with Gasteiger partial charge in [0.2, 0.25) is 0 Å². The van der Waals surface area contributed by atoms with Crippen molar-refractivity contribution in [2.24, 2.45) is 0 Å². The van der Waals surface area contributed by atoms with E-state index in [0.717, 1.165) is 4.47 Å². The van der Waals surface area contributed by atoms with E-state index >= 15 is 0 Å². The number of methoxy groups -OCH3 is 1. The summed E-state index contributed by atoms with van der Waals surface area (Å²) >= 11 is 3.35. The topological polar surface area (TPSA) is 49.8 Å². The van der Waals surface area contributed by atoms with Gasteiger partial charge in [0.1, 0.15) is 5.75 Å². The Bertz CT molecular complexity index is 423. The minimum Gasteiger partial charge on any atom is -0.496 e. The molecule has 0 amide bonds. The van der Waals surface area contributed by atoms with E-state index in [1.54, 1.807) is 25.3 Å². The number of likely N-dealkylation sites (N-methyl/N-ethyl adjacent to an activating group) is 1. The highest BCUT2D eigenvalue weighted by Gasteiger charge is 2.14. The van der Waals surface area contributed by atoms with Crippen LogP contribution in [-0.4, -0.2) is 49.1 Å². The van der Waals surface area contributed by atoms with Crippen molar-refractivity contribution in [1.29, 1.82) is 0 Å². The van der Waals surface area contributed by atoms with Gasteiger partial charge in [0.25, 0.3) is 0 Å². The molecular weight excluding hydrogens is 298 g/mol. The van der Waals surface area contributed by atoms with Crippen LogP contribution < -0.4 is 4.74 Å². The van der Waals surface area contributed by atoms with Crippen LogP contribution in [-0.2, 0) is 0 Å². The van der Waals surface area contributed by atoms with Crippen molar-refractivity contribution in [1.82, 2.24) is 4.90 Å². The third kappa shape index (κ3) is 3.80. The van der Waals surface area contributed by atoms with Crippen molar-refractivity contribution < 1.29 is 14.6 Å². The molecule has 0 radical (unpaired) electrons. The van der Waals surface area contributed by atoms with Gasteiger partial charge in [-0.25, -0.2) is 0 Å². The molecule has 0 aliphatic carbocycles. The summed E-state index contributed by atoms with van der Waals surface area (Å²) in [4.78, 5) is 13.9. The van der Waals surface area contributed by atoms with Crippen LogP contribution >= 0.6 is 15.9 Å². The quantitative estimate of drug-likeness (QED) is 0.815. The van der Waals surface area contributed by atoms with Crippen LogP contribution in [0.2, 0.25) is 0 Å². The van der Waals surface area contributed by atoms with Gasteiger partial charge in [0, 0.05) is 11.6 Å². The van der Waals surface area contributed by atoms with Crippen molar-refractivity contribution >= 4 is 21.7 Å². The van der Waals surface area contributed by atoms with Gasteiger partial charge < -0.3 is 9.84 Å². The molecular formula is C13H18BrNO3. The van der Waals surface area contributed by atoms with Crippen molar-refractivity contribution in [2.75, 3.05) is 27.3 Å². The lowest BCUT2D eigenvalue weighted by molar-refractivity contribution is 0.0890. The molecule has 0 aromatic heterocycles. The Balaban J connectivity index is 2.76.